The van der Waals surface area contributed by atoms with Crippen molar-refractivity contribution in [1.29, 1.82) is 0 Å². The zero-order valence-electron chi connectivity index (χ0n) is 7.88. The molecule has 2 rings (SSSR count). The Hall–Kier alpha value is -0.160. The lowest BCUT2D eigenvalue weighted by molar-refractivity contribution is 0.423. The highest BCUT2D eigenvalue weighted by atomic mass is 35.6. The summed E-state index contributed by atoms with van der Waals surface area (Å²) >= 11 is 18.2. The van der Waals surface area contributed by atoms with Crippen molar-refractivity contribution < 1.29 is 10.2 Å². The Morgan fingerprint density at radius 3 is 2.62 bits per heavy atom. The molecule has 0 fully saturated rings. The number of rotatable bonds is 1. The minimum absolute atomic E-state index is 0.0710. The maximum Gasteiger partial charge on any atom is 0.238 e. The second kappa shape index (κ2) is 4.26. The number of halogens is 3. The van der Waals surface area contributed by atoms with Gasteiger partial charge in [0.15, 0.2) is 11.8 Å². The van der Waals surface area contributed by atoms with E-state index in [4.69, 9.17) is 34.8 Å². The van der Waals surface area contributed by atoms with Crippen molar-refractivity contribution in [2.24, 2.45) is 0 Å². The molecule has 0 saturated carbocycles. The summed E-state index contributed by atoms with van der Waals surface area (Å²) in [5.41, 5.74) is 1.13. The molecule has 1 aliphatic rings. The standard InChI is InChI=1S/C9H8Cl3NO2S/c10-9(11,12)16-5-3-1-2-4-6(5)8(15)13-7(4)14/h1-2,5,13-15H,3H2. The largest absolute Gasteiger partial charge is 0.494 e. The van der Waals surface area contributed by atoms with E-state index in [-0.39, 0.29) is 17.0 Å². The first-order valence-electron chi connectivity index (χ1n) is 4.43. The second-order valence-electron chi connectivity index (χ2n) is 3.34. The molecule has 1 aromatic rings. The van der Waals surface area contributed by atoms with E-state index in [2.05, 4.69) is 4.98 Å². The van der Waals surface area contributed by atoms with Crippen molar-refractivity contribution in [3.05, 3.63) is 17.2 Å². The number of fused-ring (bicyclic) bond motifs is 1. The summed E-state index contributed by atoms with van der Waals surface area (Å²) in [4.78, 5) is 2.45. The first kappa shape index (κ1) is 12.3. The summed E-state index contributed by atoms with van der Waals surface area (Å²) in [6.45, 7) is 0. The average molecular weight is 301 g/mol. The number of hydrogen-bond acceptors (Lipinski definition) is 3. The Bertz CT molecular complexity index is 439. The molecule has 0 amide bonds. The Balaban J connectivity index is 2.37. The van der Waals surface area contributed by atoms with Crippen molar-refractivity contribution in [2.75, 3.05) is 0 Å². The van der Waals surface area contributed by atoms with Crippen LogP contribution in [0, 0.1) is 0 Å². The Morgan fingerprint density at radius 2 is 2.00 bits per heavy atom. The zero-order chi connectivity index (χ0) is 11.9. The zero-order valence-corrected chi connectivity index (χ0v) is 11.0. The van der Waals surface area contributed by atoms with Gasteiger partial charge in [0, 0.05) is 16.4 Å². The van der Waals surface area contributed by atoms with Crippen molar-refractivity contribution in [3.63, 3.8) is 0 Å². The minimum Gasteiger partial charge on any atom is -0.494 e. The van der Waals surface area contributed by atoms with E-state index in [1.807, 2.05) is 6.08 Å². The van der Waals surface area contributed by atoms with Gasteiger partial charge in [-0.2, -0.15) is 0 Å². The predicted octanol–water partition coefficient (Wildman–Crippen LogP) is 3.94. The lowest BCUT2D eigenvalue weighted by atomic mass is 10.0. The third-order valence-electron chi connectivity index (χ3n) is 2.27. The quantitative estimate of drug-likeness (QED) is 0.688. The monoisotopic (exact) mass is 299 g/mol. The molecule has 1 aromatic heterocycles. The van der Waals surface area contributed by atoms with Crippen LogP contribution in [0.4, 0.5) is 0 Å². The van der Waals surface area contributed by atoms with Gasteiger partial charge in [0.25, 0.3) is 0 Å². The van der Waals surface area contributed by atoms with Crippen LogP contribution in [0.15, 0.2) is 6.08 Å². The highest BCUT2D eigenvalue weighted by molar-refractivity contribution is 8.04. The third-order valence-corrected chi connectivity index (χ3v) is 4.05. The molecular formula is C9H8Cl3NO2S. The fourth-order valence-electron chi connectivity index (χ4n) is 1.69. The van der Waals surface area contributed by atoms with Gasteiger partial charge in [-0.1, -0.05) is 58.7 Å². The number of hydrogen-bond donors (Lipinski definition) is 3. The van der Waals surface area contributed by atoms with Crippen LogP contribution >= 0.6 is 46.6 Å². The van der Waals surface area contributed by atoms with E-state index in [1.165, 1.54) is 0 Å². The van der Waals surface area contributed by atoms with Crippen LogP contribution in [0.25, 0.3) is 6.08 Å². The molecule has 0 bridgehead atoms. The normalized spacial score (nSPS) is 19.8. The molecular weight excluding hydrogens is 293 g/mol. The van der Waals surface area contributed by atoms with E-state index in [1.54, 1.807) is 6.08 Å². The topological polar surface area (TPSA) is 56.2 Å². The number of aromatic nitrogens is 1. The fraction of sp³-hybridized carbons (Fsp3) is 0.333. The van der Waals surface area contributed by atoms with Crippen LogP contribution in [0.2, 0.25) is 0 Å². The molecule has 88 valence electrons. The maximum atomic E-state index is 9.65. The van der Waals surface area contributed by atoms with Gasteiger partial charge in [0.2, 0.25) is 3.12 Å². The summed E-state index contributed by atoms with van der Waals surface area (Å²) in [6, 6.07) is 0. The van der Waals surface area contributed by atoms with Gasteiger partial charge >= 0.3 is 0 Å². The summed E-state index contributed by atoms with van der Waals surface area (Å²) in [5, 5.41) is 19.0. The summed E-state index contributed by atoms with van der Waals surface area (Å²) < 4.78 is -1.45. The molecule has 0 saturated heterocycles. The molecule has 16 heavy (non-hydrogen) atoms. The summed E-state index contributed by atoms with van der Waals surface area (Å²) in [7, 11) is 0. The highest BCUT2D eigenvalue weighted by Crippen LogP contribution is 2.53. The number of allylic oxidation sites excluding steroid dienone is 1. The van der Waals surface area contributed by atoms with Crippen LogP contribution in [-0.4, -0.2) is 18.3 Å². The van der Waals surface area contributed by atoms with E-state index in [9.17, 15) is 10.2 Å². The smallest absolute Gasteiger partial charge is 0.238 e. The van der Waals surface area contributed by atoms with Crippen LogP contribution in [0.1, 0.15) is 22.8 Å². The molecule has 7 heteroatoms. The van der Waals surface area contributed by atoms with Crippen LogP contribution < -0.4 is 0 Å². The fourth-order valence-corrected chi connectivity index (χ4v) is 3.55. The Labute approximate surface area is 111 Å². The van der Waals surface area contributed by atoms with Crippen molar-refractivity contribution in [2.45, 2.75) is 14.8 Å². The molecule has 0 spiro atoms. The van der Waals surface area contributed by atoms with Gasteiger partial charge in [-0.3, -0.25) is 4.98 Å². The summed E-state index contributed by atoms with van der Waals surface area (Å²) in [6.07, 6.45) is 4.23. The van der Waals surface area contributed by atoms with Gasteiger partial charge in [-0.05, 0) is 6.42 Å². The molecule has 0 aromatic carbocycles. The molecule has 0 radical (unpaired) electrons. The maximum absolute atomic E-state index is 9.65. The number of thioether (sulfide) groups is 1. The van der Waals surface area contributed by atoms with Gasteiger partial charge in [0.1, 0.15) is 0 Å². The van der Waals surface area contributed by atoms with Gasteiger partial charge in [0.05, 0.1) is 0 Å². The third kappa shape index (κ3) is 2.40. The molecule has 3 N–H and O–H groups in total. The van der Waals surface area contributed by atoms with E-state index < -0.39 is 3.12 Å². The van der Waals surface area contributed by atoms with Crippen LogP contribution in [-0.2, 0) is 0 Å². The molecule has 1 aliphatic carbocycles. The van der Waals surface area contributed by atoms with E-state index in [0.29, 0.717) is 17.5 Å². The van der Waals surface area contributed by atoms with E-state index in [0.717, 1.165) is 11.8 Å². The van der Waals surface area contributed by atoms with Crippen molar-refractivity contribution in [1.82, 2.24) is 4.98 Å². The van der Waals surface area contributed by atoms with Gasteiger partial charge < -0.3 is 10.2 Å². The Kier molecular flexibility index (Phi) is 3.27. The number of alkyl halides is 3. The Morgan fingerprint density at radius 1 is 1.31 bits per heavy atom. The van der Waals surface area contributed by atoms with Crippen molar-refractivity contribution in [3.8, 4) is 11.8 Å². The highest BCUT2D eigenvalue weighted by Gasteiger charge is 2.32. The SMILES string of the molecule is Oc1[nH]c(O)c2c1C=CCC2SC(Cl)(Cl)Cl. The first-order chi connectivity index (χ1) is 7.38. The molecule has 0 aliphatic heterocycles. The second-order valence-corrected chi connectivity index (χ2v) is 7.71. The molecule has 1 unspecified atom stereocenters. The van der Waals surface area contributed by atoms with Crippen LogP contribution in [0.3, 0.4) is 0 Å². The van der Waals surface area contributed by atoms with Gasteiger partial charge in [-0.15, -0.1) is 0 Å². The van der Waals surface area contributed by atoms with Gasteiger partial charge in [-0.25, -0.2) is 0 Å². The predicted molar refractivity (Wildman–Crippen MR) is 68.4 cm³/mol. The number of aromatic hydroxyl groups is 2. The number of nitrogens with one attached hydrogen (secondary N) is 1. The molecule has 1 atom stereocenters. The first-order valence-corrected chi connectivity index (χ1v) is 6.44. The van der Waals surface area contributed by atoms with Crippen LogP contribution in [0.5, 0.6) is 11.8 Å². The summed E-state index contributed by atoms with van der Waals surface area (Å²) in [5.74, 6) is -0.151. The molecule has 1 heterocycles. The molecule has 3 nitrogen and oxygen atoms in total. The average Bonchev–Trinajstić information content (AvgIpc) is 2.41. The minimum atomic E-state index is -1.45. The number of H-pyrrole nitrogens is 1. The lowest BCUT2D eigenvalue weighted by Crippen LogP contribution is -2.04. The van der Waals surface area contributed by atoms with E-state index >= 15 is 0 Å². The lowest BCUT2D eigenvalue weighted by Gasteiger charge is -2.22. The number of aromatic amines is 1. The van der Waals surface area contributed by atoms with Crippen molar-refractivity contribution >= 4 is 52.6 Å².